The molecule has 1 aliphatic rings. The number of amides is 2. The largest absolute Gasteiger partial charge is 0.342 e. The third kappa shape index (κ3) is 3.42. The number of rotatable bonds is 4. The van der Waals surface area contributed by atoms with Gasteiger partial charge in [-0.2, -0.15) is 5.26 Å². The number of imide groups is 1. The quantitative estimate of drug-likeness (QED) is 0.488. The van der Waals surface area contributed by atoms with Crippen molar-refractivity contribution in [2.75, 3.05) is 6.54 Å². The monoisotopic (exact) mass is 397 g/mol. The molecule has 2 heterocycles. The summed E-state index contributed by atoms with van der Waals surface area (Å²) in [6, 6.07) is 17.5. The smallest absolute Gasteiger partial charge is 0.294 e. The van der Waals surface area contributed by atoms with Crippen molar-refractivity contribution in [2.45, 2.75) is 6.54 Å². The van der Waals surface area contributed by atoms with E-state index in [9.17, 15) is 14.9 Å². The minimum atomic E-state index is -0.371. The molecular weight excluding hydrogens is 382 g/mol. The lowest BCUT2D eigenvalue weighted by molar-refractivity contribution is -0.122. The van der Waals surface area contributed by atoms with Crippen molar-refractivity contribution in [1.82, 2.24) is 9.47 Å². The summed E-state index contributed by atoms with van der Waals surface area (Å²) in [5.74, 6) is 1.97. The van der Waals surface area contributed by atoms with E-state index in [1.165, 1.54) is 0 Å². The Morgan fingerprint density at radius 2 is 1.86 bits per heavy atom. The number of hydrogen-bond donors (Lipinski definition) is 0. The molecule has 3 aromatic rings. The van der Waals surface area contributed by atoms with Crippen LogP contribution in [0.3, 0.4) is 0 Å². The van der Waals surface area contributed by atoms with Crippen LogP contribution in [0, 0.1) is 23.7 Å². The molecule has 1 aliphatic heterocycles. The number of para-hydroxylation sites is 1. The minimum Gasteiger partial charge on any atom is -0.342 e. The van der Waals surface area contributed by atoms with E-state index in [1.54, 1.807) is 12.1 Å². The second kappa shape index (κ2) is 7.71. The van der Waals surface area contributed by atoms with Gasteiger partial charge < -0.3 is 4.57 Å². The van der Waals surface area contributed by atoms with Crippen molar-refractivity contribution < 1.29 is 9.59 Å². The molecule has 0 saturated carbocycles. The van der Waals surface area contributed by atoms with Gasteiger partial charge in [-0.25, -0.2) is 0 Å². The Balaban J connectivity index is 1.76. The van der Waals surface area contributed by atoms with Gasteiger partial charge in [0, 0.05) is 29.2 Å². The summed E-state index contributed by atoms with van der Waals surface area (Å²) in [5, 5.41) is 9.98. The van der Waals surface area contributed by atoms with Crippen LogP contribution in [0.5, 0.6) is 0 Å². The van der Waals surface area contributed by atoms with Crippen molar-refractivity contribution in [1.29, 1.82) is 5.26 Å². The lowest BCUT2D eigenvalue weighted by atomic mass is 10.1. The summed E-state index contributed by atoms with van der Waals surface area (Å²) in [6.07, 6.45) is 8.93. The predicted octanol–water partition coefficient (Wildman–Crippen LogP) is 4.23. The standard InChI is InChI=1S/C23H15N3O2S/c1-2-11-26-22(27)21(29-23(26)28)12-18-15-25(20-10-6-5-9-19(18)20)14-17-8-4-3-7-16(17)13-24/h1,3-10,12,15H,11,14H2/b21-12+. The normalized spacial score (nSPS) is 15.1. The SMILES string of the molecule is C#CCN1C(=O)S/C(=C/c2cn(Cc3ccccc3C#N)c3ccccc23)C1=O. The molecule has 4 rings (SSSR count). The van der Waals surface area contributed by atoms with Crippen LogP contribution < -0.4 is 0 Å². The van der Waals surface area contributed by atoms with E-state index >= 15 is 0 Å². The highest BCUT2D eigenvalue weighted by molar-refractivity contribution is 8.18. The van der Waals surface area contributed by atoms with Gasteiger partial charge in [0.05, 0.1) is 23.1 Å². The lowest BCUT2D eigenvalue weighted by Gasteiger charge is -2.07. The predicted molar refractivity (Wildman–Crippen MR) is 114 cm³/mol. The van der Waals surface area contributed by atoms with Crippen molar-refractivity contribution in [3.8, 4) is 18.4 Å². The van der Waals surface area contributed by atoms with Gasteiger partial charge in [0.25, 0.3) is 11.1 Å². The highest BCUT2D eigenvalue weighted by Gasteiger charge is 2.34. The molecule has 5 nitrogen and oxygen atoms in total. The maximum absolute atomic E-state index is 12.5. The molecule has 1 saturated heterocycles. The molecule has 0 radical (unpaired) electrons. The highest BCUT2D eigenvalue weighted by Crippen LogP contribution is 2.34. The van der Waals surface area contributed by atoms with Gasteiger partial charge in [0.2, 0.25) is 0 Å². The van der Waals surface area contributed by atoms with Gasteiger partial charge >= 0.3 is 0 Å². The van der Waals surface area contributed by atoms with Crippen LogP contribution in [0.2, 0.25) is 0 Å². The Kier molecular flexibility index (Phi) is 4.95. The first-order valence-electron chi connectivity index (χ1n) is 8.87. The van der Waals surface area contributed by atoms with Crippen LogP contribution in [-0.2, 0) is 11.3 Å². The van der Waals surface area contributed by atoms with E-state index in [0.29, 0.717) is 17.0 Å². The topological polar surface area (TPSA) is 66.1 Å². The molecule has 0 bridgehead atoms. The molecule has 0 spiro atoms. The number of aromatic nitrogens is 1. The fraction of sp³-hybridized carbons (Fsp3) is 0.0870. The fourth-order valence-electron chi connectivity index (χ4n) is 3.34. The summed E-state index contributed by atoms with van der Waals surface area (Å²) in [4.78, 5) is 26.0. The Hall–Kier alpha value is -3.74. The molecule has 0 N–H and O–H groups in total. The minimum absolute atomic E-state index is 0.0330. The van der Waals surface area contributed by atoms with Gasteiger partial charge in [-0.05, 0) is 35.5 Å². The summed E-state index contributed by atoms with van der Waals surface area (Å²) in [5.41, 5.74) is 3.36. The summed E-state index contributed by atoms with van der Waals surface area (Å²) in [7, 11) is 0. The molecule has 140 valence electrons. The summed E-state index contributed by atoms with van der Waals surface area (Å²) >= 11 is 0.895. The molecule has 1 aromatic heterocycles. The first-order valence-corrected chi connectivity index (χ1v) is 9.68. The van der Waals surface area contributed by atoms with Crippen molar-refractivity contribution >= 4 is 39.9 Å². The van der Waals surface area contributed by atoms with Crippen molar-refractivity contribution in [3.05, 3.63) is 76.3 Å². The molecule has 6 heteroatoms. The Morgan fingerprint density at radius 3 is 2.66 bits per heavy atom. The van der Waals surface area contributed by atoms with Crippen molar-refractivity contribution in [3.63, 3.8) is 0 Å². The third-order valence-corrected chi connectivity index (χ3v) is 5.61. The number of nitrogens with zero attached hydrogens (tertiary/aromatic N) is 3. The maximum atomic E-state index is 12.5. The van der Waals surface area contributed by atoms with E-state index in [4.69, 9.17) is 6.42 Å². The molecule has 0 unspecified atom stereocenters. The zero-order valence-electron chi connectivity index (χ0n) is 15.3. The van der Waals surface area contributed by atoms with E-state index in [-0.39, 0.29) is 17.7 Å². The van der Waals surface area contributed by atoms with E-state index in [0.717, 1.165) is 38.7 Å². The van der Waals surface area contributed by atoms with Gasteiger partial charge in [-0.15, -0.1) is 6.42 Å². The molecule has 1 fully saturated rings. The van der Waals surface area contributed by atoms with Crippen LogP contribution in [-0.4, -0.2) is 27.2 Å². The molecular formula is C23H15N3O2S. The number of carbonyl (C=O) groups excluding carboxylic acids is 2. The van der Waals surface area contributed by atoms with Crippen LogP contribution >= 0.6 is 11.8 Å². The zero-order chi connectivity index (χ0) is 20.4. The van der Waals surface area contributed by atoms with Gasteiger partial charge in [0.1, 0.15) is 0 Å². The van der Waals surface area contributed by atoms with Crippen LogP contribution in [0.15, 0.2) is 59.6 Å². The lowest BCUT2D eigenvalue weighted by Crippen LogP contribution is -2.28. The summed E-state index contributed by atoms with van der Waals surface area (Å²) in [6.45, 7) is 0.491. The number of nitriles is 1. The zero-order valence-corrected chi connectivity index (χ0v) is 16.1. The number of fused-ring (bicyclic) bond motifs is 1. The molecule has 2 aromatic carbocycles. The Labute approximate surface area is 172 Å². The Bertz CT molecular complexity index is 1260. The molecule has 2 amide bonds. The molecule has 0 atom stereocenters. The highest BCUT2D eigenvalue weighted by atomic mass is 32.2. The average molecular weight is 397 g/mol. The van der Waals surface area contributed by atoms with Gasteiger partial charge in [0.15, 0.2) is 0 Å². The molecule has 29 heavy (non-hydrogen) atoms. The number of thioether (sulfide) groups is 1. The van der Waals surface area contributed by atoms with Crippen LogP contribution in [0.25, 0.3) is 17.0 Å². The van der Waals surface area contributed by atoms with Crippen LogP contribution in [0.4, 0.5) is 4.79 Å². The average Bonchev–Trinajstić information content (AvgIpc) is 3.21. The van der Waals surface area contributed by atoms with E-state index < -0.39 is 0 Å². The second-order valence-corrected chi connectivity index (χ2v) is 7.46. The number of hydrogen-bond acceptors (Lipinski definition) is 4. The molecule has 0 aliphatic carbocycles. The van der Waals surface area contributed by atoms with Gasteiger partial charge in [-0.1, -0.05) is 42.3 Å². The summed E-state index contributed by atoms with van der Waals surface area (Å²) < 4.78 is 2.04. The number of terminal acetylenes is 1. The first kappa shape index (κ1) is 18.6. The third-order valence-electron chi connectivity index (χ3n) is 4.71. The fourth-order valence-corrected chi connectivity index (χ4v) is 4.17. The maximum Gasteiger partial charge on any atom is 0.294 e. The Morgan fingerprint density at radius 1 is 1.10 bits per heavy atom. The van der Waals surface area contributed by atoms with E-state index in [2.05, 4.69) is 12.0 Å². The first-order chi connectivity index (χ1) is 14.1. The van der Waals surface area contributed by atoms with Crippen molar-refractivity contribution in [2.24, 2.45) is 0 Å². The van der Waals surface area contributed by atoms with Crippen LogP contribution in [0.1, 0.15) is 16.7 Å². The second-order valence-electron chi connectivity index (χ2n) is 6.47. The van der Waals surface area contributed by atoms with E-state index in [1.807, 2.05) is 53.2 Å². The number of carbonyl (C=O) groups is 2. The van der Waals surface area contributed by atoms with Gasteiger partial charge in [-0.3, -0.25) is 14.5 Å². The number of benzene rings is 2.